The van der Waals surface area contributed by atoms with Crippen molar-refractivity contribution in [2.75, 3.05) is 5.32 Å². The zero-order chi connectivity index (χ0) is 22.6. The quantitative estimate of drug-likeness (QED) is 0.416. The van der Waals surface area contributed by atoms with Crippen molar-refractivity contribution in [1.82, 2.24) is 15.5 Å². The van der Waals surface area contributed by atoms with Crippen LogP contribution in [0.4, 0.5) is 15.9 Å². The van der Waals surface area contributed by atoms with E-state index < -0.39 is 5.54 Å². The lowest BCUT2D eigenvalue weighted by Gasteiger charge is -2.27. The predicted molar refractivity (Wildman–Crippen MR) is 124 cm³/mol. The van der Waals surface area contributed by atoms with Gasteiger partial charge >= 0.3 is 0 Å². The fourth-order valence-corrected chi connectivity index (χ4v) is 3.34. The van der Waals surface area contributed by atoms with Crippen LogP contribution in [0.25, 0.3) is 11.3 Å². The van der Waals surface area contributed by atoms with Crippen molar-refractivity contribution in [3.63, 3.8) is 0 Å². The zero-order valence-electron chi connectivity index (χ0n) is 17.8. The normalized spacial score (nSPS) is 11.1. The van der Waals surface area contributed by atoms with E-state index in [0.717, 1.165) is 22.5 Å². The van der Waals surface area contributed by atoms with Gasteiger partial charge in [-0.3, -0.25) is 4.79 Å². The number of anilines is 2. The lowest BCUT2D eigenvalue weighted by Crippen LogP contribution is -2.41. The molecule has 0 unspecified atom stereocenters. The van der Waals surface area contributed by atoms with Crippen molar-refractivity contribution in [3.8, 4) is 11.3 Å². The van der Waals surface area contributed by atoms with Crippen LogP contribution < -0.4 is 10.6 Å². The molecule has 1 aromatic heterocycles. The van der Waals surface area contributed by atoms with E-state index in [9.17, 15) is 9.18 Å². The minimum Gasteiger partial charge on any atom is -0.343 e. The number of carbonyl (C=O) groups excluding carboxylic acids is 1. The summed E-state index contributed by atoms with van der Waals surface area (Å²) in [6.45, 7) is 3.76. The van der Waals surface area contributed by atoms with E-state index in [-0.39, 0.29) is 11.7 Å². The van der Waals surface area contributed by atoms with Crippen LogP contribution in [0.5, 0.6) is 0 Å². The third-order valence-corrected chi connectivity index (χ3v) is 5.12. The molecule has 0 bridgehead atoms. The highest BCUT2D eigenvalue weighted by Crippen LogP contribution is 2.23. The van der Waals surface area contributed by atoms with Crippen molar-refractivity contribution >= 4 is 17.4 Å². The van der Waals surface area contributed by atoms with Crippen LogP contribution in [0.1, 0.15) is 29.8 Å². The number of amides is 1. The van der Waals surface area contributed by atoms with E-state index in [0.29, 0.717) is 11.4 Å². The van der Waals surface area contributed by atoms with E-state index in [4.69, 9.17) is 0 Å². The van der Waals surface area contributed by atoms with E-state index in [1.807, 2.05) is 62.4 Å². The van der Waals surface area contributed by atoms with Crippen LogP contribution in [0, 0.1) is 5.82 Å². The maximum atomic E-state index is 13.2. The van der Waals surface area contributed by atoms with Crippen molar-refractivity contribution in [2.45, 2.75) is 19.4 Å². The Bertz CT molecular complexity index is 1210. The molecule has 1 heterocycles. The van der Waals surface area contributed by atoms with Crippen molar-refractivity contribution in [2.24, 2.45) is 0 Å². The van der Waals surface area contributed by atoms with Gasteiger partial charge in [0.2, 0.25) is 0 Å². The molecule has 0 aliphatic heterocycles. The summed E-state index contributed by atoms with van der Waals surface area (Å²) in [6, 6.07) is 26.8. The van der Waals surface area contributed by atoms with Crippen molar-refractivity contribution in [3.05, 3.63) is 108 Å². The summed E-state index contributed by atoms with van der Waals surface area (Å²) in [4.78, 5) is 12.9. The number of rotatable bonds is 6. The molecular weight excluding hydrogens is 403 g/mol. The number of carbonyl (C=O) groups is 1. The second-order valence-electron chi connectivity index (χ2n) is 7.96. The first-order chi connectivity index (χ1) is 15.4. The first-order valence-corrected chi connectivity index (χ1v) is 10.3. The predicted octanol–water partition coefficient (Wildman–Crippen LogP) is 5.69. The topological polar surface area (TPSA) is 66.9 Å². The fraction of sp³-hybridized carbons (Fsp3) is 0.115. The highest BCUT2D eigenvalue weighted by atomic mass is 19.1. The Labute approximate surface area is 186 Å². The molecule has 0 atom stereocenters. The molecule has 0 saturated heterocycles. The third kappa shape index (κ3) is 4.98. The van der Waals surface area contributed by atoms with Gasteiger partial charge in [0.1, 0.15) is 5.82 Å². The largest absolute Gasteiger partial charge is 0.343 e. The highest BCUT2D eigenvalue weighted by molar-refractivity contribution is 5.95. The van der Waals surface area contributed by atoms with Gasteiger partial charge in [-0.05, 0) is 61.9 Å². The van der Waals surface area contributed by atoms with E-state index >= 15 is 0 Å². The summed E-state index contributed by atoms with van der Waals surface area (Å²) in [5.74, 6) is 0.0388. The Kier molecular flexibility index (Phi) is 5.94. The van der Waals surface area contributed by atoms with Gasteiger partial charge in [0.25, 0.3) is 5.91 Å². The van der Waals surface area contributed by atoms with Gasteiger partial charge in [-0.1, -0.05) is 48.5 Å². The Morgan fingerprint density at radius 1 is 0.844 bits per heavy atom. The molecule has 0 aliphatic carbocycles. The van der Waals surface area contributed by atoms with E-state index in [1.54, 1.807) is 30.3 Å². The van der Waals surface area contributed by atoms with Crippen molar-refractivity contribution in [1.29, 1.82) is 0 Å². The summed E-state index contributed by atoms with van der Waals surface area (Å²) in [5.41, 5.74) is 3.15. The van der Waals surface area contributed by atoms with Crippen LogP contribution in [0.3, 0.4) is 0 Å². The lowest BCUT2D eigenvalue weighted by atomic mass is 9.94. The average molecular weight is 426 g/mol. The molecule has 5 nitrogen and oxygen atoms in total. The molecule has 3 aromatic carbocycles. The Morgan fingerprint density at radius 2 is 1.59 bits per heavy atom. The number of hydrogen-bond donors (Lipinski definition) is 2. The van der Waals surface area contributed by atoms with Gasteiger partial charge < -0.3 is 10.6 Å². The number of halogens is 1. The molecule has 32 heavy (non-hydrogen) atoms. The summed E-state index contributed by atoms with van der Waals surface area (Å²) in [5, 5.41) is 14.7. The molecule has 4 rings (SSSR count). The van der Waals surface area contributed by atoms with Crippen LogP contribution in [0.15, 0.2) is 91.0 Å². The first kappa shape index (κ1) is 21.2. The third-order valence-electron chi connectivity index (χ3n) is 5.12. The maximum Gasteiger partial charge on any atom is 0.252 e. The highest BCUT2D eigenvalue weighted by Gasteiger charge is 2.23. The molecule has 4 aromatic rings. The summed E-state index contributed by atoms with van der Waals surface area (Å²) >= 11 is 0. The molecule has 0 saturated carbocycles. The van der Waals surface area contributed by atoms with Crippen molar-refractivity contribution < 1.29 is 9.18 Å². The summed E-state index contributed by atoms with van der Waals surface area (Å²) < 4.78 is 13.2. The van der Waals surface area contributed by atoms with E-state index in [2.05, 4.69) is 20.8 Å². The summed E-state index contributed by atoms with van der Waals surface area (Å²) in [7, 11) is 0. The maximum absolute atomic E-state index is 13.2. The van der Waals surface area contributed by atoms with Gasteiger partial charge in [-0.25, -0.2) is 4.39 Å². The van der Waals surface area contributed by atoms with Gasteiger partial charge in [0, 0.05) is 16.8 Å². The van der Waals surface area contributed by atoms with Gasteiger partial charge in [-0.2, -0.15) is 0 Å². The molecule has 0 fully saturated rings. The van der Waals surface area contributed by atoms with Crippen LogP contribution >= 0.6 is 0 Å². The SMILES string of the molecule is CC(C)(NC(=O)c1cccc(Nc2ccc(-c3ccccc3)nn2)c1)c1ccc(F)cc1. The Morgan fingerprint density at radius 3 is 2.28 bits per heavy atom. The van der Waals surface area contributed by atoms with E-state index in [1.165, 1.54) is 12.1 Å². The second-order valence-corrected chi connectivity index (χ2v) is 7.96. The zero-order valence-corrected chi connectivity index (χ0v) is 17.8. The number of benzene rings is 3. The first-order valence-electron chi connectivity index (χ1n) is 10.3. The summed E-state index contributed by atoms with van der Waals surface area (Å²) in [6.07, 6.45) is 0. The van der Waals surface area contributed by atoms with Crippen LogP contribution in [0.2, 0.25) is 0 Å². The van der Waals surface area contributed by atoms with Gasteiger partial charge in [-0.15, -0.1) is 10.2 Å². The molecule has 2 N–H and O–H groups in total. The Hall–Kier alpha value is -4.06. The molecule has 0 radical (unpaired) electrons. The molecule has 1 amide bonds. The minimum atomic E-state index is -0.660. The molecular formula is C26H23FN4O. The number of aromatic nitrogens is 2. The van der Waals surface area contributed by atoms with Crippen LogP contribution in [-0.4, -0.2) is 16.1 Å². The molecule has 160 valence electrons. The number of nitrogens with zero attached hydrogens (tertiary/aromatic N) is 2. The fourth-order valence-electron chi connectivity index (χ4n) is 3.34. The minimum absolute atomic E-state index is 0.228. The van der Waals surface area contributed by atoms with Crippen LogP contribution in [-0.2, 0) is 5.54 Å². The smallest absolute Gasteiger partial charge is 0.252 e. The lowest BCUT2D eigenvalue weighted by molar-refractivity contribution is 0.0912. The van der Waals surface area contributed by atoms with Gasteiger partial charge in [0.05, 0.1) is 11.2 Å². The molecule has 0 aliphatic rings. The molecule has 0 spiro atoms. The second kappa shape index (κ2) is 8.98. The monoisotopic (exact) mass is 426 g/mol. The number of nitrogens with one attached hydrogen (secondary N) is 2. The number of hydrogen-bond acceptors (Lipinski definition) is 4. The van der Waals surface area contributed by atoms with Gasteiger partial charge in [0.15, 0.2) is 5.82 Å². The average Bonchev–Trinajstić information content (AvgIpc) is 2.80. The molecule has 6 heteroatoms. The standard InChI is InChI=1S/C26H23FN4O/c1-26(2,20-11-13-21(27)14-12-20)29-25(32)19-9-6-10-22(17-19)28-24-16-15-23(30-31-24)18-7-4-3-5-8-18/h3-17H,1-2H3,(H,28,31)(H,29,32). The Balaban J connectivity index is 1.46.